The number of pyridine rings is 1. The minimum atomic E-state index is -5.09. The van der Waals surface area contributed by atoms with Crippen LogP contribution < -0.4 is 10.6 Å². The summed E-state index contributed by atoms with van der Waals surface area (Å²) in [5.41, 5.74) is -3.71. The molecule has 0 bridgehead atoms. The summed E-state index contributed by atoms with van der Waals surface area (Å²) in [6.07, 6.45) is -4.53. The number of fused-ring (bicyclic) bond motifs is 1. The number of rotatable bonds is 4. The van der Waals surface area contributed by atoms with E-state index in [2.05, 4.69) is 30.7 Å². The molecule has 2 N–H and O–H groups in total. The Hall–Kier alpha value is -3.71. The molecular formula is C22H20F5N7O2. The molecule has 0 fully saturated rings. The number of amides is 2. The number of halogens is 5. The molecule has 190 valence electrons. The first-order valence-corrected chi connectivity index (χ1v) is 11.1. The van der Waals surface area contributed by atoms with Gasteiger partial charge in [0.25, 0.3) is 0 Å². The smallest absolute Gasteiger partial charge is 0.310 e. The first-order valence-electron chi connectivity index (χ1n) is 11.1. The number of aromatic nitrogens is 5. The molecule has 2 aliphatic heterocycles. The molecule has 0 saturated carbocycles. The van der Waals surface area contributed by atoms with Gasteiger partial charge in [-0.15, -0.1) is 0 Å². The molecule has 0 aliphatic carbocycles. The normalized spacial score (nSPS) is 21.4. The van der Waals surface area contributed by atoms with Crippen LogP contribution in [0.4, 0.5) is 33.6 Å². The molecule has 3 aromatic heterocycles. The average Bonchev–Trinajstić information content (AvgIpc) is 3.06. The predicted molar refractivity (Wildman–Crippen MR) is 117 cm³/mol. The summed E-state index contributed by atoms with van der Waals surface area (Å²) in [7, 11) is 0. The Labute approximate surface area is 200 Å². The highest BCUT2D eigenvalue weighted by atomic mass is 19.4. The summed E-state index contributed by atoms with van der Waals surface area (Å²) in [5, 5.41) is 9.66. The topological polar surface area (TPSA) is 115 Å². The lowest BCUT2D eigenvalue weighted by Crippen LogP contribution is -2.38. The van der Waals surface area contributed by atoms with E-state index in [1.807, 2.05) is 6.92 Å². The van der Waals surface area contributed by atoms with Crippen molar-refractivity contribution in [3.8, 4) is 11.5 Å². The minimum Gasteiger partial charge on any atom is -0.310 e. The first kappa shape index (κ1) is 24.0. The third-order valence-electron chi connectivity index (χ3n) is 6.63. The zero-order valence-corrected chi connectivity index (χ0v) is 19.1. The van der Waals surface area contributed by atoms with Crippen molar-refractivity contribution < 1.29 is 31.5 Å². The molecule has 0 saturated heterocycles. The zero-order valence-electron chi connectivity index (χ0n) is 19.1. The second kappa shape index (κ2) is 7.90. The maximum Gasteiger partial charge on any atom is 0.422 e. The van der Waals surface area contributed by atoms with Crippen molar-refractivity contribution >= 4 is 34.5 Å². The molecule has 2 amide bonds. The number of nitrogens with one attached hydrogen (secondary N) is 2. The maximum atomic E-state index is 14.2. The van der Waals surface area contributed by atoms with E-state index in [1.54, 1.807) is 0 Å². The Morgan fingerprint density at radius 1 is 1.11 bits per heavy atom. The van der Waals surface area contributed by atoms with E-state index in [4.69, 9.17) is 0 Å². The van der Waals surface area contributed by atoms with Crippen LogP contribution in [0.2, 0.25) is 0 Å². The summed E-state index contributed by atoms with van der Waals surface area (Å²) in [6.45, 7) is 1.73. The Morgan fingerprint density at radius 3 is 2.44 bits per heavy atom. The van der Waals surface area contributed by atoms with Crippen molar-refractivity contribution in [2.24, 2.45) is 0 Å². The van der Waals surface area contributed by atoms with Crippen molar-refractivity contribution in [1.29, 1.82) is 0 Å². The van der Waals surface area contributed by atoms with E-state index in [0.717, 1.165) is 16.9 Å². The van der Waals surface area contributed by atoms with Gasteiger partial charge in [-0.05, 0) is 19.4 Å². The van der Waals surface area contributed by atoms with E-state index in [9.17, 15) is 31.5 Å². The lowest BCUT2D eigenvalue weighted by Gasteiger charge is -2.34. The van der Waals surface area contributed by atoms with Crippen molar-refractivity contribution in [2.45, 2.75) is 63.3 Å². The maximum absolute atomic E-state index is 14.2. The first-order chi connectivity index (χ1) is 16.8. The third kappa shape index (κ3) is 3.93. The molecule has 0 aromatic carbocycles. The van der Waals surface area contributed by atoms with Gasteiger partial charge in [-0.25, -0.2) is 28.4 Å². The molecule has 5 rings (SSSR count). The van der Waals surface area contributed by atoms with Crippen LogP contribution in [0.1, 0.15) is 45.1 Å². The predicted octanol–water partition coefficient (Wildman–Crippen LogP) is 4.04. The summed E-state index contributed by atoms with van der Waals surface area (Å²) in [5.74, 6) is -1.20. The largest absolute Gasteiger partial charge is 0.422 e. The molecule has 0 radical (unpaired) electrons. The standard InChI is InChI=1S/C22H20F5N7O2/c1-20-4-3-12(35)29-16-14(20)17(30-13(36)8-20)32-18(31-16)15-11-7-10(23)9-28-19(11)34(33-15)6-5-21(2,24)22(25,26)27/h7,9H,3-6,8H2,1-2H3,(H2,29,30,31,32,35,36)/t20-,21?/m1/s1. The average molecular weight is 509 g/mol. The van der Waals surface area contributed by atoms with Crippen LogP contribution in [0, 0.1) is 5.82 Å². The van der Waals surface area contributed by atoms with E-state index < -0.39 is 36.0 Å². The quantitative estimate of drug-likeness (QED) is 0.513. The Kier molecular flexibility index (Phi) is 5.27. The molecular weight excluding hydrogens is 489 g/mol. The van der Waals surface area contributed by atoms with Gasteiger partial charge in [-0.2, -0.15) is 18.3 Å². The summed E-state index contributed by atoms with van der Waals surface area (Å²) in [6, 6.07) is 1.06. The van der Waals surface area contributed by atoms with Crippen molar-refractivity contribution in [3.05, 3.63) is 23.6 Å². The van der Waals surface area contributed by atoms with Gasteiger partial charge in [0.15, 0.2) is 11.5 Å². The number of nitrogens with zero attached hydrogens (tertiary/aromatic N) is 5. The summed E-state index contributed by atoms with van der Waals surface area (Å²) >= 11 is 0. The number of carbonyl (C=O) groups excluding carboxylic acids is 2. The second-order valence-electron chi connectivity index (χ2n) is 9.49. The number of carbonyl (C=O) groups is 2. The van der Waals surface area contributed by atoms with E-state index in [0.29, 0.717) is 18.9 Å². The number of hydrogen-bond donors (Lipinski definition) is 2. The van der Waals surface area contributed by atoms with E-state index >= 15 is 0 Å². The number of alkyl halides is 4. The van der Waals surface area contributed by atoms with Gasteiger partial charge >= 0.3 is 6.18 Å². The van der Waals surface area contributed by atoms with Gasteiger partial charge in [0.05, 0.1) is 11.6 Å². The zero-order chi connectivity index (χ0) is 26.0. The monoisotopic (exact) mass is 509 g/mol. The van der Waals surface area contributed by atoms with Crippen LogP contribution in [0.3, 0.4) is 0 Å². The number of aryl methyl sites for hydroxylation is 1. The van der Waals surface area contributed by atoms with E-state index in [1.165, 1.54) is 0 Å². The lowest BCUT2D eigenvalue weighted by atomic mass is 9.74. The van der Waals surface area contributed by atoms with Gasteiger partial charge in [-0.3, -0.25) is 9.59 Å². The van der Waals surface area contributed by atoms with Crippen molar-refractivity contribution in [1.82, 2.24) is 24.7 Å². The van der Waals surface area contributed by atoms with Gasteiger partial charge < -0.3 is 10.6 Å². The van der Waals surface area contributed by atoms with Crippen molar-refractivity contribution in [3.63, 3.8) is 0 Å². The lowest BCUT2D eigenvalue weighted by molar-refractivity contribution is -0.226. The van der Waals surface area contributed by atoms with Gasteiger partial charge in [0, 0.05) is 36.8 Å². The van der Waals surface area contributed by atoms with Gasteiger partial charge in [0.1, 0.15) is 23.1 Å². The van der Waals surface area contributed by atoms with Gasteiger partial charge in [-0.1, -0.05) is 6.92 Å². The molecule has 1 unspecified atom stereocenters. The molecule has 36 heavy (non-hydrogen) atoms. The fraction of sp³-hybridized carbons (Fsp3) is 0.455. The third-order valence-corrected chi connectivity index (χ3v) is 6.63. The summed E-state index contributed by atoms with van der Waals surface area (Å²) in [4.78, 5) is 37.5. The number of hydrogen-bond acceptors (Lipinski definition) is 6. The highest BCUT2D eigenvalue weighted by Gasteiger charge is 2.51. The van der Waals surface area contributed by atoms with Crippen molar-refractivity contribution in [2.75, 3.05) is 10.6 Å². The Morgan fingerprint density at radius 2 is 1.78 bits per heavy atom. The molecule has 0 spiro atoms. The van der Waals surface area contributed by atoms with Crippen LogP contribution in [-0.2, 0) is 21.5 Å². The van der Waals surface area contributed by atoms with Crippen LogP contribution in [-0.4, -0.2) is 48.4 Å². The van der Waals surface area contributed by atoms with Crippen LogP contribution in [0.25, 0.3) is 22.6 Å². The molecule has 14 heteroatoms. The molecule has 2 aliphatic rings. The second-order valence-corrected chi connectivity index (χ2v) is 9.49. The van der Waals surface area contributed by atoms with Crippen LogP contribution >= 0.6 is 0 Å². The molecule has 2 atom stereocenters. The SMILES string of the molecule is CC(F)(CCn1nc(-c2nc3c4c(n2)NC(=O)C[C@@]4(C)CCC(=O)N3)c2cc(F)cnc21)C(F)(F)F. The Bertz CT molecular complexity index is 1420. The molecule has 5 heterocycles. The van der Waals surface area contributed by atoms with Gasteiger partial charge in [0.2, 0.25) is 17.5 Å². The van der Waals surface area contributed by atoms with Crippen LogP contribution in [0.5, 0.6) is 0 Å². The Balaban J connectivity index is 1.65. The minimum absolute atomic E-state index is 0.00512. The van der Waals surface area contributed by atoms with E-state index in [-0.39, 0.29) is 58.8 Å². The number of anilines is 2. The van der Waals surface area contributed by atoms with Crippen LogP contribution in [0.15, 0.2) is 12.3 Å². The fourth-order valence-corrected chi connectivity index (χ4v) is 4.55. The highest BCUT2D eigenvalue weighted by Crippen LogP contribution is 2.46. The fourth-order valence-electron chi connectivity index (χ4n) is 4.55. The molecule has 3 aromatic rings. The summed E-state index contributed by atoms with van der Waals surface area (Å²) < 4.78 is 68.4. The molecule has 9 nitrogen and oxygen atoms in total. The highest BCUT2D eigenvalue weighted by molar-refractivity contribution is 6.00.